The fraction of sp³-hybridized carbons (Fsp3) is 0. The molecular weight excluding hydrogens is 1200 g/mol. The molecule has 19 aromatic rings. The molecule has 0 saturated carbocycles. The molecule has 0 unspecified atom stereocenters. The monoisotopic (exact) mass is 1250 g/mol. The summed E-state index contributed by atoms with van der Waals surface area (Å²) < 4.78 is 0. The molecule has 98 heavy (non-hydrogen) atoms. The molecule has 0 N–H and O–H groups in total. The molecule has 0 bridgehead atoms. The van der Waals surface area contributed by atoms with Gasteiger partial charge in [0, 0.05) is 113 Å². The zero-order valence-electron chi connectivity index (χ0n) is 52.6. The lowest BCUT2D eigenvalue weighted by Crippen LogP contribution is -1.91. The summed E-state index contributed by atoms with van der Waals surface area (Å²) in [5, 5.41) is 8.70. The molecular formula is C88H54N10. The highest BCUT2D eigenvalue weighted by molar-refractivity contribution is 6.05. The molecule has 0 aliphatic carbocycles. The lowest BCUT2D eigenvalue weighted by Gasteiger charge is -2.10. The second kappa shape index (κ2) is 24.5. The topological polar surface area (TPSA) is 129 Å². The normalized spacial score (nSPS) is 11.5. The second-order valence-corrected chi connectivity index (χ2v) is 24.4. The molecule has 0 fully saturated rings. The molecule has 10 heterocycles. The fourth-order valence-electron chi connectivity index (χ4n) is 13.1. The quantitative estimate of drug-likeness (QED) is 0.129. The number of fused-ring (bicyclic) bond motifs is 10. The van der Waals surface area contributed by atoms with Crippen molar-refractivity contribution < 1.29 is 0 Å². The maximum atomic E-state index is 5.15. The van der Waals surface area contributed by atoms with E-state index in [0.29, 0.717) is 0 Å². The van der Waals surface area contributed by atoms with Crippen molar-refractivity contribution in [3.8, 4) is 101 Å². The third kappa shape index (κ3) is 11.1. The van der Waals surface area contributed by atoms with E-state index in [1.807, 2.05) is 79.3 Å². The highest BCUT2D eigenvalue weighted by atomic mass is 14.8. The van der Waals surface area contributed by atoms with Gasteiger partial charge in [-0.1, -0.05) is 200 Å². The number of rotatable bonds is 9. The Balaban J connectivity index is 0.000000143. The molecule has 0 spiro atoms. The lowest BCUT2D eigenvalue weighted by atomic mass is 10.00. The molecule has 0 aliphatic rings. The van der Waals surface area contributed by atoms with E-state index < -0.39 is 0 Å². The van der Waals surface area contributed by atoms with Gasteiger partial charge in [-0.05, 0) is 119 Å². The SMILES string of the molecule is c1ccc(-c2ccc3ccc4ccc(-c5ccc(-c6ccc7ccc(-c8ccc9ccc(-c%10cccnc%10)nc9c8)nc7c6)cc5)nc4c3n2)cc1.c1cncc(-c2ccc3ccc(-c4ccc5ccc(-c6ccc(-c7ccc8ccc9cccnc9c8n7)cc6)cc5n4)cc3n2)c1. The Bertz CT molecular complexity index is 6290. The van der Waals surface area contributed by atoms with Gasteiger partial charge in [0.1, 0.15) is 0 Å². The second-order valence-electron chi connectivity index (χ2n) is 24.4. The maximum Gasteiger partial charge on any atom is 0.0972 e. The van der Waals surface area contributed by atoms with Gasteiger partial charge in [-0.15, -0.1) is 0 Å². The molecule has 0 saturated heterocycles. The van der Waals surface area contributed by atoms with E-state index in [2.05, 4.69) is 252 Å². The Hall–Kier alpha value is -13.4. The average Bonchev–Trinajstić information content (AvgIpc) is 0.799. The first-order valence-corrected chi connectivity index (χ1v) is 32.5. The van der Waals surface area contributed by atoms with Crippen LogP contribution in [0.3, 0.4) is 0 Å². The van der Waals surface area contributed by atoms with Gasteiger partial charge in [0.25, 0.3) is 0 Å². The first kappa shape index (κ1) is 57.2. The standard InChI is InChI=1S/C47H29N5.C41H25N5/c1-2-5-31(6-3-1)40-24-20-35-14-15-36-21-25-41(52-47(36)46(35)51-40)32-10-8-30(9-11-32)37-16-12-33-18-22-42(49-44(33)27-37)38-17-13-34-19-23-43(50-45(34)28-38)39-7-4-26-48-29-39;1-4-34(25-42-21-1)37-19-16-29-10-14-33(24-39(29)45-37)36-18-15-28-9-13-32(23-38(28)44-36)26-5-7-27(8-6-26)35-20-17-31-12-11-30-3-2-22-43-40(30)41(31)46-35/h1-29H;1-25H. The van der Waals surface area contributed by atoms with Crippen LogP contribution in [0.4, 0.5) is 0 Å². The number of aromatic nitrogens is 10. The highest BCUT2D eigenvalue weighted by Crippen LogP contribution is 2.36. The third-order valence-corrected chi connectivity index (χ3v) is 18.3. The van der Waals surface area contributed by atoms with Crippen molar-refractivity contribution in [3.63, 3.8) is 0 Å². The first-order valence-electron chi connectivity index (χ1n) is 32.5. The van der Waals surface area contributed by atoms with Crippen molar-refractivity contribution in [2.45, 2.75) is 0 Å². The van der Waals surface area contributed by atoms with Crippen LogP contribution in [0.15, 0.2) is 328 Å². The minimum absolute atomic E-state index is 0.902. The van der Waals surface area contributed by atoms with E-state index in [1.165, 1.54) is 0 Å². The summed E-state index contributed by atoms with van der Waals surface area (Å²) in [6.45, 7) is 0. The van der Waals surface area contributed by atoms with Gasteiger partial charge in [-0.2, -0.15) is 0 Å². The van der Waals surface area contributed by atoms with Crippen molar-refractivity contribution in [3.05, 3.63) is 328 Å². The molecule has 10 heteroatoms. The molecule has 19 rings (SSSR count). The number of benzene rings is 9. The van der Waals surface area contributed by atoms with Crippen molar-refractivity contribution in [1.29, 1.82) is 0 Å². The largest absolute Gasteiger partial charge is 0.264 e. The Morgan fingerprint density at radius 3 is 0.837 bits per heavy atom. The van der Waals surface area contributed by atoms with Crippen molar-refractivity contribution in [2.75, 3.05) is 0 Å². The summed E-state index contributed by atoms with van der Waals surface area (Å²) in [6.07, 6.45) is 9.06. The summed E-state index contributed by atoms with van der Waals surface area (Å²) >= 11 is 0. The predicted molar refractivity (Wildman–Crippen MR) is 400 cm³/mol. The van der Waals surface area contributed by atoms with Crippen LogP contribution in [0.25, 0.3) is 188 Å². The molecule has 10 aromatic heterocycles. The van der Waals surface area contributed by atoms with Gasteiger partial charge in [0.05, 0.1) is 84.0 Å². The molecule has 456 valence electrons. The van der Waals surface area contributed by atoms with Gasteiger partial charge in [0.2, 0.25) is 0 Å². The van der Waals surface area contributed by atoms with Crippen LogP contribution in [-0.4, -0.2) is 49.8 Å². The lowest BCUT2D eigenvalue weighted by molar-refractivity contribution is 1.30. The van der Waals surface area contributed by atoms with Gasteiger partial charge in [-0.3, -0.25) is 15.0 Å². The summed E-state index contributed by atoms with van der Waals surface area (Å²) in [7, 11) is 0. The average molecular weight is 1250 g/mol. The molecule has 0 amide bonds. The highest BCUT2D eigenvalue weighted by Gasteiger charge is 2.14. The predicted octanol–water partition coefficient (Wildman–Crippen LogP) is 21.6. The van der Waals surface area contributed by atoms with Gasteiger partial charge < -0.3 is 0 Å². The fourth-order valence-corrected chi connectivity index (χ4v) is 13.1. The van der Waals surface area contributed by atoms with Crippen LogP contribution in [0.5, 0.6) is 0 Å². The van der Waals surface area contributed by atoms with Gasteiger partial charge in [-0.25, -0.2) is 34.9 Å². The van der Waals surface area contributed by atoms with Crippen LogP contribution < -0.4 is 0 Å². The molecule has 0 aliphatic heterocycles. The van der Waals surface area contributed by atoms with Crippen molar-refractivity contribution in [1.82, 2.24) is 49.8 Å². The van der Waals surface area contributed by atoms with E-state index in [-0.39, 0.29) is 0 Å². The Morgan fingerprint density at radius 2 is 0.439 bits per heavy atom. The summed E-state index contributed by atoms with van der Waals surface area (Å²) in [6, 6.07) is 103. The van der Waals surface area contributed by atoms with Crippen LogP contribution in [0, 0.1) is 0 Å². The first-order chi connectivity index (χ1) is 48.5. The Kier molecular flexibility index (Phi) is 14.3. The Labute approximate surface area is 563 Å². The molecule has 9 aromatic carbocycles. The zero-order valence-corrected chi connectivity index (χ0v) is 52.6. The smallest absolute Gasteiger partial charge is 0.0972 e. The number of pyridine rings is 10. The van der Waals surface area contributed by atoms with E-state index >= 15 is 0 Å². The Morgan fingerprint density at radius 1 is 0.163 bits per heavy atom. The minimum atomic E-state index is 0.902. The van der Waals surface area contributed by atoms with Crippen LogP contribution in [0.2, 0.25) is 0 Å². The minimum Gasteiger partial charge on any atom is -0.264 e. The number of hydrogen-bond acceptors (Lipinski definition) is 10. The van der Waals surface area contributed by atoms with E-state index in [1.54, 1.807) is 12.4 Å². The molecule has 10 nitrogen and oxygen atoms in total. The van der Waals surface area contributed by atoms with Gasteiger partial charge in [0.15, 0.2) is 0 Å². The molecule has 0 radical (unpaired) electrons. The van der Waals surface area contributed by atoms with Crippen molar-refractivity contribution >= 4 is 87.2 Å². The third-order valence-electron chi connectivity index (χ3n) is 18.3. The zero-order chi connectivity index (χ0) is 64.9. The number of hydrogen-bond donors (Lipinski definition) is 0. The summed E-state index contributed by atoms with van der Waals surface area (Å²) in [5.41, 5.74) is 25.6. The maximum absolute atomic E-state index is 5.15. The van der Waals surface area contributed by atoms with Crippen molar-refractivity contribution in [2.24, 2.45) is 0 Å². The van der Waals surface area contributed by atoms with Gasteiger partial charge >= 0.3 is 0 Å². The number of nitrogens with zero attached hydrogens (tertiary/aromatic N) is 10. The van der Waals surface area contributed by atoms with E-state index in [0.717, 1.165) is 188 Å². The summed E-state index contributed by atoms with van der Waals surface area (Å²) in [5.74, 6) is 0. The molecule has 0 atom stereocenters. The van der Waals surface area contributed by atoms with E-state index in [4.69, 9.17) is 34.9 Å². The van der Waals surface area contributed by atoms with Crippen LogP contribution in [-0.2, 0) is 0 Å². The summed E-state index contributed by atoms with van der Waals surface area (Å²) in [4.78, 5) is 48.4. The van der Waals surface area contributed by atoms with E-state index in [9.17, 15) is 0 Å². The van der Waals surface area contributed by atoms with Crippen LogP contribution >= 0.6 is 0 Å². The van der Waals surface area contributed by atoms with Crippen LogP contribution in [0.1, 0.15) is 0 Å².